The molecule has 2 amide bonds. The first-order valence-electron chi connectivity index (χ1n) is 10.4. The summed E-state index contributed by atoms with van der Waals surface area (Å²) in [6, 6.07) is 5.26. The minimum atomic E-state index is -0.158. The van der Waals surface area contributed by atoms with Crippen LogP contribution in [-0.2, 0) is 22.6 Å². The molecule has 3 aromatic rings. The molecule has 1 aromatic carbocycles. The minimum Gasteiger partial charge on any atom is -0.348 e. The largest absolute Gasteiger partial charge is 0.348 e. The number of aromatic nitrogens is 4. The first kappa shape index (κ1) is 20.9. The molecule has 1 unspecified atom stereocenters. The first-order chi connectivity index (χ1) is 16.0. The van der Waals surface area contributed by atoms with Crippen molar-refractivity contribution in [2.45, 2.75) is 25.4 Å². The molecule has 2 aliphatic rings. The number of halogens is 1. The number of carbonyl (C=O) groups is 2. The predicted molar refractivity (Wildman–Crippen MR) is 124 cm³/mol. The number of hydrogen-bond acceptors (Lipinski definition) is 6. The Morgan fingerprint density at radius 2 is 2.18 bits per heavy atom. The highest BCUT2D eigenvalue weighted by Gasteiger charge is 2.22. The Morgan fingerprint density at radius 3 is 2.97 bits per heavy atom. The van der Waals surface area contributed by atoms with Crippen molar-refractivity contribution in [3.63, 3.8) is 0 Å². The number of aromatic amines is 1. The standard InChI is InChI=1S/C23H20ClN7O2/c24-15-3-6-17-18(10-15)30-20(32)9-14-11-28-23(31-21(14)17)29-16-4-1-13(2-5-16)22(33)27-12-19-25-7-8-26-19/h1-4,6-8,10-11,16H,5,9,12H2,(H,25,26)(H,27,33)(H,30,32)(H,28,29,31). The predicted octanol–water partition coefficient (Wildman–Crippen LogP) is 3.00. The van der Waals surface area contributed by atoms with Gasteiger partial charge in [-0.2, -0.15) is 0 Å². The van der Waals surface area contributed by atoms with Crippen molar-refractivity contribution >= 4 is 35.1 Å². The highest BCUT2D eigenvalue weighted by atomic mass is 35.5. The van der Waals surface area contributed by atoms with Gasteiger partial charge in [-0.1, -0.05) is 29.8 Å². The summed E-state index contributed by atoms with van der Waals surface area (Å²) in [6.45, 7) is 0.339. The van der Waals surface area contributed by atoms with Crippen molar-refractivity contribution in [2.75, 3.05) is 10.6 Å². The van der Waals surface area contributed by atoms with Crippen LogP contribution in [0.25, 0.3) is 11.3 Å². The van der Waals surface area contributed by atoms with Gasteiger partial charge < -0.3 is 20.9 Å². The highest BCUT2D eigenvalue weighted by Crippen LogP contribution is 2.34. The van der Waals surface area contributed by atoms with Crippen LogP contribution >= 0.6 is 11.6 Å². The van der Waals surface area contributed by atoms with E-state index in [1.54, 1.807) is 36.8 Å². The Kier molecular flexibility index (Phi) is 5.62. The van der Waals surface area contributed by atoms with Crippen molar-refractivity contribution in [1.29, 1.82) is 0 Å². The maximum atomic E-state index is 12.4. The molecule has 3 heterocycles. The number of benzene rings is 1. The lowest BCUT2D eigenvalue weighted by atomic mass is 10.0. The second-order valence-corrected chi connectivity index (χ2v) is 8.14. The van der Waals surface area contributed by atoms with E-state index >= 15 is 0 Å². The van der Waals surface area contributed by atoms with Gasteiger partial charge in [-0.15, -0.1) is 0 Å². The molecule has 33 heavy (non-hydrogen) atoms. The van der Waals surface area contributed by atoms with Gasteiger partial charge in [0, 0.05) is 40.3 Å². The average Bonchev–Trinajstić information content (AvgIpc) is 3.28. The van der Waals surface area contributed by atoms with Crippen LogP contribution in [0.3, 0.4) is 0 Å². The van der Waals surface area contributed by atoms with Gasteiger partial charge in [0.05, 0.1) is 30.4 Å². The molecule has 0 bridgehead atoms. The summed E-state index contributed by atoms with van der Waals surface area (Å²) in [6.07, 6.45) is 11.4. The van der Waals surface area contributed by atoms with E-state index in [1.807, 2.05) is 18.2 Å². The van der Waals surface area contributed by atoms with Gasteiger partial charge in [0.2, 0.25) is 11.9 Å². The highest BCUT2D eigenvalue weighted by molar-refractivity contribution is 6.31. The normalized spacial score (nSPS) is 16.7. The third kappa shape index (κ3) is 4.63. The van der Waals surface area contributed by atoms with E-state index in [2.05, 4.69) is 35.9 Å². The third-order valence-electron chi connectivity index (χ3n) is 5.37. The molecule has 2 aromatic heterocycles. The lowest BCUT2D eigenvalue weighted by molar-refractivity contribution is -0.117. The van der Waals surface area contributed by atoms with Gasteiger partial charge in [0.1, 0.15) is 5.82 Å². The van der Waals surface area contributed by atoms with Crippen molar-refractivity contribution in [3.05, 3.63) is 77.0 Å². The maximum Gasteiger partial charge on any atom is 0.251 e. The van der Waals surface area contributed by atoms with Crippen molar-refractivity contribution in [1.82, 2.24) is 25.3 Å². The van der Waals surface area contributed by atoms with Crippen molar-refractivity contribution in [3.8, 4) is 11.3 Å². The van der Waals surface area contributed by atoms with E-state index in [9.17, 15) is 9.59 Å². The first-order valence-corrected chi connectivity index (χ1v) is 10.8. The molecule has 1 aliphatic heterocycles. The van der Waals surface area contributed by atoms with Crippen LogP contribution in [0.2, 0.25) is 5.02 Å². The fourth-order valence-electron chi connectivity index (χ4n) is 3.75. The molecule has 0 saturated heterocycles. The summed E-state index contributed by atoms with van der Waals surface area (Å²) in [5.74, 6) is 0.844. The Balaban J connectivity index is 1.28. The number of rotatable bonds is 5. The van der Waals surface area contributed by atoms with Crippen LogP contribution in [0.5, 0.6) is 0 Å². The molecule has 166 valence electrons. The zero-order valence-electron chi connectivity index (χ0n) is 17.4. The Labute approximate surface area is 194 Å². The number of nitrogens with one attached hydrogen (secondary N) is 4. The second-order valence-electron chi connectivity index (χ2n) is 7.71. The molecule has 0 saturated carbocycles. The number of nitrogens with zero attached hydrogens (tertiary/aromatic N) is 3. The molecule has 0 spiro atoms. The average molecular weight is 462 g/mol. The Hall–Kier alpha value is -3.98. The van der Waals surface area contributed by atoms with E-state index in [4.69, 9.17) is 11.6 Å². The molecule has 4 N–H and O–H groups in total. The molecule has 1 atom stereocenters. The lowest BCUT2D eigenvalue weighted by Crippen LogP contribution is -2.27. The number of imidazole rings is 1. The van der Waals surface area contributed by atoms with E-state index < -0.39 is 0 Å². The fourth-order valence-corrected chi connectivity index (χ4v) is 3.93. The summed E-state index contributed by atoms with van der Waals surface area (Å²) >= 11 is 6.10. The van der Waals surface area contributed by atoms with Crippen LogP contribution in [-0.4, -0.2) is 37.8 Å². The van der Waals surface area contributed by atoms with Gasteiger partial charge in [-0.3, -0.25) is 9.59 Å². The van der Waals surface area contributed by atoms with Gasteiger partial charge in [0.15, 0.2) is 0 Å². The summed E-state index contributed by atoms with van der Waals surface area (Å²) in [5.41, 5.74) is 3.44. The zero-order chi connectivity index (χ0) is 22.8. The SMILES string of the molecule is O=C1Cc2cnc(NC3C=CC(C(=O)NCc4ncc[nH]4)=CC3)nc2-c2ccc(Cl)cc2N1. The van der Waals surface area contributed by atoms with Crippen LogP contribution < -0.4 is 16.0 Å². The monoisotopic (exact) mass is 461 g/mol. The number of H-pyrrole nitrogens is 1. The molecule has 0 radical (unpaired) electrons. The number of anilines is 2. The molecular formula is C23H20ClN7O2. The molecule has 10 heteroatoms. The lowest BCUT2D eigenvalue weighted by Gasteiger charge is -2.18. The Bertz CT molecular complexity index is 1280. The van der Waals surface area contributed by atoms with Crippen LogP contribution in [0.1, 0.15) is 17.8 Å². The number of carbonyl (C=O) groups excluding carboxylic acids is 2. The summed E-state index contributed by atoms with van der Waals surface area (Å²) in [5, 5.41) is 9.53. The number of hydrogen-bond donors (Lipinski definition) is 4. The van der Waals surface area contributed by atoms with Crippen LogP contribution in [0.15, 0.2) is 60.6 Å². The van der Waals surface area contributed by atoms with E-state index in [0.717, 1.165) is 11.1 Å². The van der Waals surface area contributed by atoms with Crippen LogP contribution in [0.4, 0.5) is 11.6 Å². The quantitative estimate of drug-likeness (QED) is 0.463. The molecule has 0 fully saturated rings. The Morgan fingerprint density at radius 1 is 1.27 bits per heavy atom. The van der Waals surface area contributed by atoms with E-state index in [-0.39, 0.29) is 24.3 Å². The topological polar surface area (TPSA) is 125 Å². The smallest absolute Gasteiger partial charge is 0.251 e. The molecular weight excluding hydrogens is 442 g/mol. The van der Waals surface area contributed by atoms with E-state index in [0.29, 0.717) is 46.7 Å². The zero-order valence-corrected chi connectivity index (χ0v) is 18.2. The van der Waals surface area contributed by atoms with Crippen molar-refractivity contribution in [2.24, 2.45) is 0 Å². The van der Waals surface area contributed by atoms with Gasteiger partial charge in [-0.05, 0) is 24.6 Å². The van der Waals surface area contributed by atoms with Crippen LogP contribution in [0, 0.1) is 0 Å². The maximum absolute atomic E-state index is 12.4. The summed E-state index contributed by atoms with van der Waals surface area (Å²) in [7, 11) is 0. The molecule has 9 nitrogen and oxygen atoms in total. The summed E-state index contributed by atoms with van der Waals surface area (Å²) in [4.78, 5) is 40.7. The number of fused-ring (bicyclic) bond motifs is 3. The van der Waals surface area contributed by atoms with Gasteiger partial charge >= 0.3 is 0 Å². The molecule has 5 rings (SSSR count). The fraction of sp³-hybridized carbons (Fsp3) is 0.174. The van der Waals surface area contributed by atoms with Gasteiger partial charge in [0.25, 0.3) is 5.91 Å². The third-order valence-corrected chi connectivity index (χ3v) is 5.61. The van der Waals surface area contributed by atoms with Gasteiger partial charge in [-0.25, -0.2) is 15.0 Å². The summed E-state index contributed by atoms with van der Waals surface area (Å²) < 4.78 is 0. The number of amides is 2. The molecule has 1 aliphatic carbocycles. The second kappa shape index (κ2) is 8.87. The van der Waals surface area contributed by atoms with Crippen molar-refractivity contribution < 1.29 is 9.59 Å². The minimum absolute atomic E-state index is 0.0695. The van der Waals surface area contributed by atoms with E-state index in [1.165, 1.54) is 0 Å².